The Bertz CT molecular complexity index is 728. The van der Waals surface area contributed by atoms with E-state index in [-0.39, 0.29) is 23.8 Å². The Morgan fingerprint density at radius 1 is 1.09 bits per heavy atom. The monoisotopic (exact) mass is 313 g/mol. The molecule has 0 bridgehead atoms. The Hall–Kier alpha value is -2.08. The van der Waals surface area contributed by atoms with Crippen LogP contribution in [0.5, 0.6) is 0 Å². The van der Waals surface area contributed by atoms with E-state index in [4.69, 9.17) is 5.11 Å². The van der Waals surface area contributed by atoms with Gasteiger partial charge in [0.2, 0.25) is 10.7 Å². The first-order valence-corrected chi connectivity index (χ1v) is 8.09. The zero-order valence-corrected chi connectivity index (χ0v) is 12.6. The molecule has 1 aliphatic heterocycles. The van der Waals surface area contributed by atoms with E-state index in [1.54, 1.807) is 24.3 Å². The number of ketones is 1. The van der Waals surface area contributed by atoms with Gasteiger partial charge in [0.1, 0.15) is 5.70 Å². The molecule has 0 aliphatic carbocycles. The zero-order valence-electron chi connectivity index (χ0n) is 11.8. The lowest BCUT2D eigenvalue weighted by Gasteiger charge is -2.13. The van der Waals surface area contributed by atoms with Gasteiger partial charge in [-0.15, -0.1) is 0 Å². The van der Waals surface area contributed by atoms with Gasteiger partial charge in [-0.1, -0.05) is 42.5 Å². The normalized spacial score (nSPS) is 19.0. The summed E-state index contributed by atoms with van der Waals surface area (Å²) in [5.74, 6) is -0.224. The molecule has 1 heterocycles. The maximum atomic E-state index is 12.7. The Morgan fingerprint density at radius 2 is 1.77 bits per heavy atom. The van der Waals surface area contributed by atoms with Crippen LogP contribution in [-0.4, -0.2) is 28.6 Å². The maximum absolute atomic E-state index is 12.7. The van der Waals surface area contributed by atoms with E-state index < -0.39 is 11.2 Å². The number of hydrogen-bond acceptors (Lipinski definition) is 4. The van der Waals surface area contributed by atoms with E-state index in [2.05, 4.69) is 5.32 Å². The third-order valence-corrected chi connectivity index (χ3v) is 4.94. The molecule has 0 fully saturated rings. The number of fused-ring (bicyclic) bond motifs is 1. The van der Waals surface area contributed by atoms with Crippen LogP contribution < -0.4 is 5.32 Å². The molecule has 0 radical (unpaired) electrons. The summed E-state index contributed by atoms with van der Waals surface area (Å²) in [4.78, 5) is 13.4. The van der Waals surface area contributed by atoms with Gasteiger partial charge in [0.15, 0.2) is 4.90 Å². The van der Waals surface area contributed by atoms with Crippen LogP contribution in [0, 0.1) is 0 Å². The minimum atomic E-state index is -1.51. The number of aliphatic hydroxyl groups is 1. The summed E-state index contributed by atoms with van der Waals surface area (Å²) in [6.45, 7) is 0.214. The molecule has 0 saturated carbocycles. The third kappa shape index (κ3) is 2.54. The van der Waals surface area contributed by atoms with Crippen LogP contribution in [0.15, 0.2) is 64.4 Å². The topological polar surface area (TPSA) is 72.4 Å². The van der Waals surface area contributed by atoms with Crippen LogP contribution in [0.2, 0.25) is 0 Å². The molecular weight excluding hydrogens is 298 g/mol. The lowest BCUT2D eigenvalue weighted by Crippen LogP contribution is -2.21. The summed E-state index contributed by atoms with van der Waals surface area (Å²) < 4.78 is 12.7. The van der Waals surface area contributed by atoms with Crippen molar-refractivity contribution in [2.45, 2.75) is 4.90 Å². The standard InChI is InChI=1S/C17H15NO3S/c19-11-10-18-15(12-6-2-1-3-7-12)17-16(20)13-8-4-5-9-14(13)22(17)21/h1-9,18-19H,10-11H2/b17-15+. The summed E-state index contributed by atoms with van der Waals surface area (Å²) in [7, 11) is 0. The fourth-order valence-corrected chi connectivity index (χ4v) is 3.87. The summed E-state index contributed by atoms with van der Waals surface area (Å²) in [5.41, 5.74) is 1.78. The van der Waals surface area contributed by atoms with Crippen molar-refractivity contribution in [3.05, 3.63) is 70.6 Å². The molecule has 1 atom stereocenters. The molecule has 2 N–H and O–H groups in total. The Labute approximate surface area is 131 Å². The molecule has 1 aliphatic rings. The van der Waals surface area contributed by atoms with Gasteiger partial charge in [0.25, 0.3) is 0 Å². The van der Waals surface area contributed by atoms with Crippen LogP contribution in [-0.2, 0) is 11.2 Å². The average molecular weight is 313 g/mol. The number of benzene rings is 2. The highest BCUT2D eigenvalue weighted by molar-refractivity contribution is 7.97. The molecule has 0 amide bonds. The van der Waals surface area contributed by atoms with Crippen molar-refractivity contribution >= 4 is 22.7 Å². The molecule has 22 heavy (non-hydrogen) atoms. The number of nitrogens with one attached hydrogen (secondary N) is 1. The summed E-state index contributed by atoms with van der Waals surface area (Å²) in [5, 5.41) is 12.1. The minimum Gasteiger partial charge on any atom is -0.606 e. The summed E-state index contributed by atoms with van der Waals surface area (Å²) in [6.07, 6.45) is 0. The summed E-state index contributed by atoms with van der Waals surface area (Å²) in [6, 6.07) is 16.2. The van der Waals surface area contributed by atoms with E-state index in [0.29, 0.717) is 16.2 Å². The van der Waals surface area contributed by atoms with Crippen molar-refractivity contribution in [1.82, 2.24) is 5.32 Å². The van der Waals surface area contributed by atoms with Gasteiger partial charge in [0, 0.05) is 23.3 Å². The van der Waals surface area contributed by atoms with Crippen LogP contribution >= 0.6 is 0 Å². The first-order chi connectivity index (χ1) is 10.7. The summed E-state index contributed by atoms with van der Waals surface area (Å²) >= 11 is -1.51. The number of rotatable bonds is 4. The van der Waals surface area contributed by atoms with Gasteiger partial charge < -0.3 is 15.0 Å². The largest absolute Gasteiger partial charge is 0.606 e. The number of allylic oxidation sites excluding steroid dienone is 1. The van der Waals surface area contributed by atoms with E-state index in [9.17, 15) is 9.35 Å². The molecule has 2 aromatic rings. The molecule has 2 aromatic carbocycles. The average Bonchev–Trinajstić information content (AvgIpc) is 2.82. The van der Waals surface area contributed by atoms with Crippen molar-refractivity contribution in [3.8, 4) is 0 Å². The van der Waals surface area contributed by atoms with Crippen molar-refractivity contribution < 1.29 is 14.5 Å². The van der Waals surface area contributed by atoms with Crippen molar-refractivity contribution in [2.24, 2.45) is 0 Å². The Morgan fingerprint density at radius 3 is 2.45 bits per heavy atom. The molecule has 112 valence electrons. The van der Waals surface area contributed by atoms with Crippen molar-refractivity contribution in [2.75, 3.05) is 13.2 Å². The molecule has 1 unspecified atom stereocenters. The maximum Gasteiger partial charge on any atom is 0.248 e. The highest BCUT2D eigenvalue weighted by Gasteiger charge is 2.41. The highest BCUT2D eigenvalue weighted by atomic mass is 32.2. The second-order valence-corrected chi connectivity index (χ2v) is 6.20. The van der Waals surface area contributed by atoms with Crippen LogP contribution in [0.25, 0.3) is 5.70 Å². The SMILES string of the molecule is O=C1/C(=C(\NCCO)c2ccccc2)[S+]([O-])c2ccccc21. The Balaban J connectivity index is 2.14. The van der Waals surface area contributed by atoms with Gasteiger partial charge in [-0.05, 0) is 12.1 Å². The van der Waals surface area contributed by atoms with Crippen LogP contribution in [0.4, 0.5) is 0 Å². The minimum absolute atomic E-state index is 0.0720. The number of hydrogen-bond donors (Lipinski definition) is 2. The highest BCUT2D eigenvalue weighted by Crippen LogP contribution is 2.37. The lowest BCUT2D eigenvalue weighted by atomic mass is 10.1. The molecule has 4 nitrogen and oxygen atoms in total. The molecule has 0 aromatic heterocycles. The number of carbonyl (C=O) groups excluding carboxylic acids is 1. The first-order valence-electron chi connectivity index (χ1n) is 6.94. The van der Waals surface area contributed by atoms with Gasteiger partial charge in [-0.25, -0.2) is 0 Å². The fourth-order valence-electron chi connectivity index (χ4n) is 2.44. The third-order valence-electron chi connectivity index (χ3n) is 3.43. The van der Waals surface area contributed by atoms with E-state index in [1.807, 2.05) is 30.3 Å². The molecule has 5 heteroatoms. The first kappa shape index (κ1) is 14.8. The Kier molecular flexibility index (Phi) is 4.29. The predicted molar refractivity (Wildman–Crippen MR) is 85.6 cm³/mol. The lowest BCUT2D eigenvalue weighted by molar-refractivity contribution is 0.104. The van der Waals surface area contributed by atoms with Crippen LogP contribution in [0.3, 0.4) is 0 Å². The van der Waals surface area contributed by atoms with Gasteiger partial charge in [0.05, 0.1) is 12.2 Å². The van der Waals surface area contributed by atoms with E-state index >= 15 is 0 Å². The zero-order chi connectivity index (χ0) is 15.5. The smallest absolute Gasteiger partial charge is 0.248 e. The quantitative estimate of drug-likeness (QED) is 0.668. The molecular formula is C17H15NO3S. The predicted octanol–water partition coefficient (Wildman–Crippen LogP) is 1.94. The molecule has 0 saturated heterocycles. The van der Waals surface area contributed by atoms with Gasteiger partial charge >= 0.3 is 0 Å². The fraction of sp³-hybridized carbons (Fsp3) is 0.118. The number of Topliss-reactive ketones (excluding diaryl/α,β-unsaturated/α-hetero) is 1. The molecule has 0 spiro atoms. The second-order valence-electron chi connectivity index (χ2n) is 4.81. The van der Waals surface area contributed by atoms with E-state index in [1.165, 1.54) is 0 Å². The second kappa shape index (κ2) is 6.36. The van der Waals surface area contributed by atoms with Crippen LogP contribution in [0.1, 0.15) is 15.9 Å². The van der Waals surface area contributed by atoms with Crippen molar-refractivity contribution in [1.29, 1.82) is 0 Å². The molecule has 3 rings (SSSR count). The van der Waals surface area contributed by atoms with Gasteiger partial charge in [-0.3, -0.25) is 4.79 Å². The van der Waals surface area contributed by atoms with Crippen molar-refractivity contribution in [3.63, 3.8) is 0 Å². The van der Waals surface area contributed by atoms with Gasteiger partial charge in [-0.2, -0.15) is 0 Å². The number of carbonyl (C=O) groups is 1. The van der Waals surface area contributed by atoms with E-state index in [0.717, 1.165) is 5.56 Å². The number of aliphatic hydroxyl groups excluding tert-OH is 1.